The number of hydrogen-bond acceptors (Lipinski definition) is 7. The van der Waals surface area contributed by atoms with Crippen molar-refractivity contribution in [2.45, 2.75) is 44.9 Å². The Labute approximate surface area is 406 Å². The van der Waals surface area contributed by atoms with Gasteiger partial charge in [0, 0.05) is 53.9 Å². The van der Waals surface area contributed by atoms with Crippen molar-refractivity contribution in [2.24, 2.45) is 0 Å². The lowest BCUT2D eigenvalue weighted by atomic mass is 9.90. The highest BCUT2D eigenvalue weighted by Crippen LogP contribution is 2.52. The Bertz CT molecular complexity index is 3830. The minimum Gasteiger partial charge on any atom is -0.496 e. The first-order valence-electron chi connectivity index (χ1n) is 24.2. The lowest BCUT2D eigenvalue weighted by Crippen LogP contribution is -1.96. The molecule has 12 rings (SSSR count). The molecule has 70 heavy (non-hydrogen) atoms. The molecule has 0 N–H and O–H groups in total. The average Bonchev–Trinajstić information content (AvgIpc) is 3.57. The van der Waals surface area contributed by atoms with Crippen LogP contribution in [0.15, 0.2) is 160 Å². The van der Waals surface area contributed by atoms with Crippen LogP contribution in [-0.4, -0.2) is 35.0 Å². The molecule has 0 aliphatic heterocycles. The van der Waals surface area contributed by atoms with Gasteiger partial charge >= 0.3 is 8.24 Å². The predicted octanol–water partition coefficient (Wildman–Crippen LogP) is 17.7. The number of benzene rings is 11. The molecular formula is C62H53O7P. The predicted molar refractivity (Wildman–Crippen MR) is 292 cm³/mol. The van der Waals surface area contributed by atoms with Crippen molar-refractivity contribution in [3.05, 3.63) is 157 Å². The van der Waals surface area contributed by atoms with E-state index in [0.29, 0.717) is 35.2 Å². The number of hydrogen-bond donors (Lipinski definition) is 0. The van der Waals surface area contributed by atoms with Crippen molar-refractivity contribution >= 4 is 116 Å². The minimum atomic E-state index is -2.04. The first-order valence-corrected chi connectivity index (χ1v) is 25.3. The van der Waals surface area contributed by atoms with Crippen LogP contribution in [0, 0.1) is 0 Å². The number of methoxy groups -OCH3 is 4. The second-order valence-electron chi connectivity index (χ2n) is 18.4. The van der Waals surface area contributed by atoms with Crippen LogP contribution in [0.4, 0.5) is 0 Å². The van der Waals surface area contributed by atoms with E-state index in [9.17, 15) is 0 Å². The normalized spacial score (nSPS) is 12.4. The van der Waals surface area contributed by atoms with E-state index in [2.05, 4.69) is 159 Å². The summed E-state index contributed by atoms with van der Waals surface area (Å²) in [5.74, 6) is 3.34. The van der Waals surface area contributed by atoms with E-state index in [4.69, 9.17) is 31.9 Å². The standard InChI is InChI=1S/C62H53O7P/c1-37(38-18-10-8-11-19-38)17-9-6-7-16-32-67-70-68-61-47(33-53(65-4)49-35-51(63-2)45-30-28-41-26-24-39-20-12-14-22-43(39)55(41)57(45)59(49)61)48-34-54(66-5)50-36-52(64-3)46-31-29-42-27-25-40-21-13-15-23-44(40)56(42)58(46)60(50)62(48)69-70/h8,10-15,18-31,33-37H,6-7,9,16-17,32H2,1-5H3/t37-/m1/s1. The van der Waals surface area contributed by atoms with Gasteiger partial charge in [-0.2, -0.15) is 0 Å². The molecule has 348 valence electrons. The maximum atomic E-state index is 7.40. The second kappa shape index (κ2) is 18.1. The van der Waals surface area contributed by atoms with Gasteiger partial charge in [-0.1, -0.05) is 141 Å². The summed E-state index contributed by atoms with van der Waals surface area (Å²) in [4.78, 5) is 0. The molecule has 11 aromatic carbocycles. The lowest BCUT2D eigenvalue weighted by Gasteiger charge is -2.17. The quantitative estimate of drug-likeness (QED) is 0.0842. The van der Waals surface area contributed by atoms with E-state index in [1.54, 1.807) is 28.4 Å². The van der Waals surface area contributed by atoms with E-state index in [1.807, 2.05) is 0 Å². The third kappa shape index (κ3) is 7.21. The zero-order chi connectivity index (χ0) is 47.5. The van der Waals surface area contributed by atoms with Gasteiger partial charge in [-0.3, -0.25) is 4.52 Å². The largest absolute Gasteiger partial charge is 0.496 e. The van der Waals surface area contributed by atoms with Crippen molar-refractivity contribution in [1.29, 1.82) is 0 Å². The highest BCUT2D eigenvalue weighted by molar-refractivity contribution is 7.31. The Hall–Kier alpha value is -7.44. The van der Waals surface area contributed by atoms with Gasteiger partial charge in [-0.25, -0.2) is 0 Å². The van der Waals surface area contributed by atoms with Gasteiger partial charge in [0.1, 0.15) is 23.0 Å². The van der Waals surface area contributed by atoms with Crippen LogP contribution >= 0.6 is 8.24 Å². The SMILES string of the molecule is COc1cc2c3cc(OC)c4cc(OC)c5ccc6ccc7ccccc7c6c5c4c3op(OCCCCCC[C@@H](C)c3ccccc3)oc2c2c1cc(OC)c1ccc3ccc4ccccc4c3c12. The third-order valence-corrected chi connectivity index (χ3v) is 15.6. The van der Waals surface area contributed by atoms with Crippen LogP contribution < -0.4 is 23.5 Å². The van der Waals surface area contributed by atoms with Crippen molar-refractivity contribution < 1.29 is 31.9 Å². The highest BCUT2D eigenvalue weighted by Gasteiger charge is 2.25. The zero-order valence-electron chi connectivity index (χ0n) is 40.1. The average molecular weight is 941 g/mol. The molecule has 1 heterocycles. The highest BCUT2D eigenvalue weighted by atomic mass is 31.1. The van der Waals surface area contributed by atoms with Crippen LogP contribution in [0.2, 0.25) is 0 Å². The van der Waals surface area contributed by atoms with Crippen LogP contribution in [0.1, 0.15) is 50.5 Å². The maximum Gasteiger partial charge on any atom is 0.387 e. The topological polar surface area (TPSA) is 72.4 Å². The number of fused-ring (bicyclic) bond motifs is 19. The van der Waals surface area contributed by atoms with Gasteiger partial charge < -0.3 is 27.3 Å². The summed E-state index contributed by atoms with van der Waals surface area (Å²) < 4.78 is 46.9. The smallest absolute Gasteiger partial charge is 0.387 e. The molecule has 1 aromatic heterocycles. The Kier molecular flexibility index (Phi) is 11.4. The third-order valence-electron chi connectivity index (χ3n) is 14.6. The number of ether oxygens (including phenoxy) is 4. The fraction of sp³-hybridized carbons (Fsp3) is 0.194. The lowest BCUT2D eigenvalue weighted by molar-refractivity contribution is 0.356. The fourth-order valence-corrected chi connectivity index (χ4v) is 12.2. The molecule has 0 saturated carbocycles. The fourth-order valence-electron chi connectivity index (χ4n) is 11.1. The molecule has 7 nitrogen and oxygen atoms in total. The molecular weight excluding hydrogens is 888 g/mol. The molecule has 0 fully saturated rings. The van der Waals surface area contributed by atoms with E-state index in [0.717, 1.165) is 141 Å². The number of rotatable bonds is 13. The van der Waals surface area contributed by atoms with Crippen LogP contribution in [0.25, 0.3) is 108 Å². The molecule has 0 unspecified atom stereocenters. The molecule has 0 spiro atoms. The van der Waals surface area contributed by atoms with Crippen LogP contribution in [0.5, 0.6) is 23.0 Å². The van der Waals surface area contributed by atoms with Crippen LogP contribution in [0.3, 0.4) is 0 Å². The van der Waals surface area contributed by atoms with Gasteiger partial charge in [-0.05, 0) is 104 Å². The van der Waals surface area contributed by atoms with Gasteiger partial charge in [0.2, 0.25) is 0 Å². The molecule has 0 bridgehead atoms. The van der Waals surface area contributed by atoms with Crippen molar-refractivity contribution in [3.63, 3.8) is 0 Å². The molecule has 12 aromatic rings. The summed E-state index contributed by atoms with van der Waals surface area (Å²) in [6.45, 7) is 2.79. The Morgan fingerprint density at radius 2 is 0.814 bits per heavy atom. The Balaban J connectivity index is 1.18. The van der Waals surface area contributed by atoms with Gasteiger partial charge in [-0.15, -0.1) is 0 Å². The van der Waals surface area contributed by atoms with E-state index in [-0.39, 0.29) is 0 Å². The maximum absolute atomic E-state index is 7.40. The van der Waals surface area contributed by atoms with Gasteiger partial charge in [0.05, 0.1) is 35.0 Å². The molecule has 0 amide bonds. The summed E-state index contributed by atoms with van der Waals surface area (Å²) in [6.07, 6.45) is 5.31. The number of unbranched alkanes of at least 4 members (excludes halogenated alkanes) is 3. The molecule has 0 aliphatic rings. The van der Waals surface area contributed by atoms with E-state index < -0.39 is 8.24 Å². The molecule has 1 atom stereocenters. The van der Waals surface area contributed by atoms with Crippen molar-refractivity contribution in [2.75, 3.05) is 35.0 Å². The van der Waals surface area contributed by atoms with Crippen molar-refractivity contribution in [3.8, 4) is 23.0 Å². The van der Waals surface area contributed by atoms with E-state index in [1.165, 1.54) is 5.56 Å². The van der Waals surface area contributed by atoms with Gasteiger partial charge in [0.25, 0.3) is 0 Å². The summed E-state index contributed by atoms with van der Waals surface area (Å²) in [5, 5.41) is 18.0. The monoisotopic (exact) mass is 940 g/mol. The Morgan fingerprint density at radius 1 is 0.386 bits per heavy atom. The molecule has 0 saturated heterocycles. The molecule has 0 aliphatic carbocycles. The summed E-state index contributed by atoms with van der Waals surface area (Å²) in [5.41, 5.74) is 2.70. The first kappa shape index (κ1) is 43.8. The minimum absolute atomic E-state index is 0.469. The molecule has 0 radical (unpaired) electrons. The summed E-state index contributed by atoms with van der Waals surface area (Å²) in [6, 6.07) is 53.7. The summed E-state index contributed by atoms with van der Waals surface area (Å²) in [7, 11) is 4.86. The Morgan fingerprint density at radius 3 is 1.33 bits per heavy atom. The van der Waals surface area contributed by atoms with Crippen LogP contribution in [-0.2, 0) is 0 Å². The summed E-state index contributed by atoms with van der Waals surface area (Å²) >= 11 is 0. The first-order chi connectivity index (χ1) is 34.5. The van der Waals surface area contributed by atoms with Crippen molar-refractivity contribution in [1.82, 2.24) is 0 Å². The van der Waals surface area contributed by atoms with Gasteiger partial charge in [0.15, 0.2) is 11.2 Å². The second-order valence-corrected chi connectivity index (χ2v) is 19.5. The zero-order valence-corrected chi connectivity index (χ0v) is 41.0. The van der Waals surface area contributed by atoms with E-state index >= 15 is 0 Å². The molecule has 8 heteroatoms.